The molecule has 1 amide bonds. The Balaban J connectivity index is 1.39. The first-order valence-corrected chi connectivity index (χ1v) is 10.6. The third-order valence-electron chi connectivity index (χ3n) is 6.16. The number of nitrogens with zero attached hydrogens (tertiary/aromatic N) is 7. The van der Waals surface area contributed by atoms with Gasteiger partial charge in [-0.05, 0) is 43.7 Å². The van der Waals surface area contributed by atoms with Crippen molar-refractivity contribution in [2.24, 2.45) is 5.92 Å². The zero-order valence-corrected chi connectivity index (χ0v) is 17.7. The third kappa shape index (κ3) is 4.12. The molecule has 2 saturated heterocycles. The zero-order valence-electron chi connectivity index (χ0n) is 17.7. The molecule has 0 spiro atoms. The first-order chi connectivity index (χ1) is 15.8. The second-order valence-corrected chi connectivity index (χ2v) is 8.44. The molecule has 0 unspecified atom stereocenters. The number of halogens is 3. The van der Waals surface area contributed by atoms with Gasteiger partial charge in [-0.15, -0.1) is 4.80 Å². The number of rotatable bonds is 4. The first-order valence-electron chi connectivity index (χ1n) is 10.6. The number of anilines is 1. The van der Waals surface area contributed by atoms with E-state index in [4.69, 9.17) is 0 Å². The molecule has 3 atom stereocenters. The molecule has 3 fully saturated rings. The van der Waals surface area contributed by atoms with Crippen LogP contribution < -0.4 is 5.32 Å². The van der Waals surface area contributed by atoms with Crippen LogP contribution >= 0.6 is 0 Å². The smallest absolute Gasteiger partial charge is 0.364 e. The third-order valence-corrected chi connectivity index (χ3v) is 6.16. The maximum Gasteiger partial charge on any atom is 0.434 e. The number of hydrogen-bond acceptors (Lipinski definition) is 7. The lowest BCUT2D eigenvalue weighted by atomic mass is 9.76. The van der Waals surface area contributed by atoms with Crippen LogP contribution in [0.5, 0.6) is 0 Å². The highest BCUT2D eigenvalue weighted by molar-refractivity contribution is 5.97. The Morgan fingerprint density at radius 2 is 1.88 bits per heavy atom. The Kier molecular flexibility index (Phi) is 5.22. The number of nitrogens with one attached hydrogen (secondary N) is 1. The van der Waals surface area contributed by atoms with Crippen molar-refractivity contribution in [1.82, 2.24) is 34.8 Å². The minimum Gasteiger partial charge on any atom is -0.364 e. The summed E-state index contributed by atoms with van der Waals surface area (Å²) >= 11 is 0. The van der Waals surface area contributed by atoms with Crippen LogP contribution in [0.1, 0.15) is 40.9 Å². The fraction of sp³-hybridized carbons (Fsp3) is 0.429. The van der Waals surface area contributed by atoms with E-state index < -0.39 is 11.9 Å². The first kappa shape index (κ1) is 21.3. The number of pyridine rings is 1. The number of carbonyl (C=O) groups is 1. The highest BCUT2D eigenvalue weighted by atomic mass is 19.4. The Morgan fingerprint density at radius 3 is 2.55 bits per heavy atom. The van der Waals surface area contributed by atoms with Crippen LogP contribution in [-0.4, -0.2) is 59.4 Å². The summed E-state index contributed by atoms with van der Waals surface area (Å²) in [5.74, 6) is 0.725. The summed E-state index contributed by atoms with van der Waals surface area (Å²) in [6.45, 7) is 2.47. The second kappa shape index (κ2) is 8.09. The second-order valence-electron chi connectivity index (χ2n) is 8.44. The molecule has 9 nitrogen and oxygen atoms in total. The van der Waals surface area contributed by atoms with Gasteiger partial charge in [0.15, 0.2) is 11.5 Å². The zero-order chi connectivity index (χ0) is 23.2. The van der Waals surface area contributed by atoms with Crippen molar-refractivity contribution in [2.75, 3.05) is 11.9 Å². The number of fused-ring (bicyclic) bond motifs is 3. The molecule has 5 heterocycles. The highest BCUT2D eigenvalue weighted by Gasteiger charge is 2.44. The lowest BCUT2D eigenvalue weighted by Gasteiger charge is -2.50. The lowest BCUT2D eigenvalue weighted by Crippen LogP contribution is -2.60. The average molecular weight is 458 g/mol. The van der Waals surface area contributed by atoms with Crippen molar-refractivity contribution in [3.8, 4) is 5.82 Å². The van der Waals surface area contributed by atoms with Crippen molar-refractivity contribution in [2.45, 2.75) is 44.4 Å². The fourth-order valence-corrected chi connectivity index (χ4v) is 4.68. The number of piperidine rings is 2. The number of hydrogen-bond donors (Lipinski definition) is 1. The van der Waals surface area contributed by atoms with E-state index in [9.17, 15) is 18.0 Å². The van der Waals surface area contributed by atoms with Gasteiger partial charge >= 0.3 is 6.18 Å². The normalized spacial score (nSPS) is 22.4. The summed E-state index contributed by atoms with van der Waals surface area (Å²) < 4.78 is 38.3. The van der Waals surface area contributed by atoms with Crippen molar-refractivity contribution in [3.63, 3.8) is 0 Å². The molecule has 1 aliphatic carbocycles. The van der Waals surface area contributed by atoms with Crippen molar-refractivity contribution >= 4 is 11.7 Å². The van der Waals surface area contributed by atoms with Crippen LogP contribution in [0.15, 0.2) is 37.1 Å². The van der Waals surface area contributed by atoms with Crippen LogP contribution in [-0.2, 0) is 6.18 Å². The van der Waals surface area contributed by atoms with E-state index in [0.29, 0.717) is 24.1 Å². The molecule has 6 rings (SSSR count). The Bertz CT molecular complexity index is 1150. The highest BCUT2D eigenvalue weighted by Crippen LogP contribution is 2.38. The maximum absolute atomic E-state index is 13.6. The molecular formula is C21H21F3N8O. The summed E-state index contributed by atoms with van der Waals surface area (Å²) in [4.78, 5) is 28.5. The minimum absolute atomic E-state index is 0.134. The topological polar surface area (TPSA) is 102 Å². The summed E-state index contributed by atoms with van der Waals surface area (Å²) in [6, 6.07) is 1.50. The number of carbonyl (C=O) groups excluding carboxylic acids is 1. The monoisotopic (exact) mass is 458 g/mol. The van der Waals surface area contributed by atoms with Crippen molar-refractivity contribution in [3.05, 3.63) is 53.9 Å². The molecule has 2 bridgehead atoms. The Morgan fingerprint density at radius 1 is 1.09 bits per heavy atom. The predicted octanol–water partition coefficient (Wildman–Crippen LogP) is 2.88. The molecule has 3 aliphatic rings. The summed E-state index contributed by atoms with van der Waals surface area (Å²) in [6.07, 6.45) is 4.54. The molecule has 1 saturated carbocycles. The van der Waals surface area contributed by atoms with Crippen molar-refractivity contribution < 1.29 is 18.0 Å². The molecule has 0 aromatic carbocycles. The maximum atomic E-state index is 13.6. The van der Waals surface area contributed by atoms with Gasteiger partial charge in [-0.25, -0.2) is 15.0 Å². The number of aromatic nitrogens is 6. The number of alkyl halides is 3. The molecule has 33 heavy (non-hydrogen) atoms. The molecule has 1 N–H and O–H groups in total. The lowest BCUT2D eigenvalue weighted by molar-refractivity contribution is -0.141. The van der Waals surface area contributed by atoms with Crippen LogP contribution in [0.3, 0.4) is 0 Å². The van der Waals surface area contributed by atoms with Gasteiger partial charge in [0.05, 0.1) is 36.4 Å². The van der Waals surface area contributed by atoms with Gasteiger partial charge in [0.1, 0.15) is 5.82 Å². The van der Waals surface area contributed by atoms with Gasteiger partial charge in [-0.3, -0.25) is 4.79 Å². The van der Waals surface area contributed by atoms with E-state index in [1.165, 1.54) is 17.2 Å². The average Bonchev–Trinajstić information content (AvgIpc) is 3.33. The van der Waals surface area contributed by atoms with E-state index in [1.54, 1.807) is 12.3 Å². The van der Waals surface area contributed by atoms with Crippen LogP contribution in [0, 0.1) is 12.8 Å². The molecule has 3 aromatic heterocycles. The van der Waals surface area contributed by atoms with E-state index in [-0.39, 0.29) is 29.7 Å². The van der Waals surface area contributed by atoms with Crippen LogP contribution in [0.2, 0.25) is 0 Å². The summed E-state index contributed by atoms with van der Waals surface area (Å²) in [5.41, 5.74) is 0.208. The predicted molar refractivity (Wildman–Crippen MR) is 111 cm³/mol. The van der Waals surface area contributed by atoms with Gasteiger partial charge in [0.25, 0.3) is 5.91 Å². The summed E-state index contributed by atoms with van der Waals surface area (Å²) in [5, 5.41) is 11.4. The van der Waals surface area contributed by atoms with Crippen LogP contribution in [0.25, 0.3) is 5.82 Å². The summed E-state index contributed by atoms with van der Waals surface area (Å²) in [7, 11) is 0. The largest absolute Gasteiger partial charge is 0.434 e. The Hall–Kier alpha value is -3.57. The van der Waals surface area contributed by atoms with E-state index in [1.807, 2.05) is 11.8 Å². The van der Waals surface area contributed by atoms with Gasteiger partial charge < -0.3 is 10.2 Å². The number of aryl methyl sites for hydroxylation is 1. The fourth-order valence-electron chi connectivity index (χ4n) is 4.68. The molecule has 2 aliphatic heterocycles. The van der Waals surface area contributed by atoms with Crippen molar-refractivity contribution in [1.29, 1.82) is 0 Å². The quantitative estimate of drug-likeness (QED) is 0.642. The molecule has 0 radical (unpaired) electrons. The van der Waals surface area contributed by atoms with Crippen LogP contribution in [0.4, 0.5) is 19.0 Å². The van der Waals surface area contributed by atoms with E-state index in [0.717, 1.165) is 31.0 Å². The standard InChI is InChI=1S/C21H21F3N8O/c1-12-6-14(19(27-8-12)32-28-4-5-29-32)20(33)31-11-13-2-3-16(31)15(7-13)30-18-10-25-17(9-26-18)21(22,23)24/h4-6,8-10,13,15-16H,2-3,7,11H2,1H3,(H,26,30)/t13-,15+,16-/m0/s1. The molecule has 12 heteroatoms. The minimum atomic E-state index is -4.54. The molecular weight excluding hydrogens is 437 g/mol. The SMILES string of the molecule is Cc1cnc(-n2nccn2)c(C(=O)N2C[C@H]3CC[C@H]2[C@H](Nc2cnc(C(F)(F)F)cn2)C3)c1. The van der Waals surface area contributed by atoms with Gasteiger partial charge in [0, 0.05) is 18.8 Å². The van der Waals surface area contributed by atoms with E-state index in [2.05, 4.69) is 30.5 Å². The molecule has 3 aromatic rings. The van der Waals surface area contributed by atoms with Gasteiger partial charge in [0.2, 0.25) is 0 Å². The Labute approximate surface area is 187 Å². The van der Waals surface area contributed by atoms with Gasteiger partial charge in [-0.2, -0.15) is 23.4 Å². The number of amides is 1. The molecule has 172 valence electrons. The van der Waals surface area contributed by atoms with E-state index >= 15 is 0 Å². The van der Waals surface area contributed by atoms with Gasteiger partial charge in [-0.1, -0.05) is 0 Å².